The van der Waals surface area contributed by atoms with Gasteiger partial charge in [0.25, 0.3) is 12.0 Å². The molecule has 1 N–H and O–H groups in total. The van der Waals surface area contributed by atoms with Crippen molar-refractivity contribution in [1.29, 1.82) is 0 Å². The lowest BCUT2D eigenvalue weighted by Crippen LogP contribution is -2.67. The minimum atomic E-state index is -6.25. The van der Waals surface area contributed by atoms with E-state index in [0.29, 0.717) is 18.1 Å². The van der Waals surface area contributed by atoms with Gasteiger partial charge in [-0.15, -0.1) is 0 Å². The van der Waals surface area contributed by atoms with E-state index < -0.39 is 30.2 Å². The third-order valence-corrected chi connectivity index (χ3v) is 2.98. The quantitative estimate of drug-likeness (QED) is 0.421. The summed E-state index contributed by atoms with van der Waals surface area (Å²) in [5, 5.41) is 9.02. The predicted molar refractivity (Wildman–Crippen MR) is 70.3 cm³/mol. The predicted octanol–water partition coefficient (Wildman–Crippen LogP) is 4.85. The van der Waals surface area contributed by atoms with Crippen LogP contribution in [0.25, 0.3) is 0 Å². The lowest BCUT2D eigenvalue weighted by atomic mass is 9.91. The highest BCUT2D eigenvalue weighted by Gasteiger charge is 2.76. The van der Waals surface area contributed by atoms with Crippen LogP contribution in [0.5, 0.6) is 0 Å². The molecule has 23 heavy (non-hydrogen) atoms. The molecule has 0 aliphatic rings. The van der Waals surface area contributed by atoms with Crippen molar-refractivity contribution in [3.8, 4) is 0 Å². The molecular weight excluding hydrogens is 333 g/mol. The molecule has 0 rings (SSSR count). The van der Waals surface area contributed by atoms with E-state index in [1.54, 1.807) is 13.8 Å². The average Bonchev–Trinajstić information content (AvgIpc) is 2.33. The van der Waals surface area contributed by atoms with Crippen LogP contribution in [0.2, 0.25) is 0 Å². The standard InChI is InChI=1S/C14H19F7O2/c1-7(2)6-10(8(3)4)23-9(5)13(17,18)12(22,11(15)16)14(19,20)21/h6,9,11,22H,1-5H3. The summed E-state index contributed by atoms with van der Waals surface area (Å²) in [5.41, 5.74) is -4.57. The van der Waals surface area contributed by atoms with Crippen LogP contribution in [0.4, 0.5) is 30.7 Å². The SMILES string of the molecule is CC(C)=CC(OC(C)C(F)(F)C(O)(C(F)F)C(F)(F)F)=C(C)C. The van der Waals surface area contributed by atoms with E-state index >= 15 is 0 Å². The number of allylic oxidation sites excluding steroid dienone is 3. The monoisotopic (exact) mass is 352 g/mol. The zero-order chi connectivity index (χ0) is 18.8. The molecule has 0 aliphatic heterocycles. The van der Waals surface area contributed by atoms with Crippen molar-refractivity contribution in [3.05, 3.63) is 23.0 Å². The van der Waals surface area contributed by atoms with Crippen LogP contribution >= 0.6 is 0 Å². The number of hydrogen-bond acceptors (Lipinski definition) is 2. The molecule has 2 atom stereocenters. The largest absolute Gasteiger partial charge is 0.484 e. The van der Waals surface area contributed by atoms with Crippen molar-refractivity contribution in [1.82, 2.24) is 0 Å². The maximum absolute atomic E-state index is 14.0. The van der Waals surface area contributed by atoms with Gasteiger partial charge >= 0.3 is 12.1 Å². The van der Waals surface area contributed by atoms with Crippen molar-refractivity contribution in [2.75, 3.05) is 0 Å². The van der Waals surface area contributed by atoms with Gasteiger partial charge in [-0.2, -0.15) is 22.0 Å². The molecule has 0 aliphatic carbocycles. The molecule has 0 heterocycles. The molecule has 0 radical (unpaired) electrons. The summed E-state index contributed by atoms with van der Waals surface area (Å²) in [6.45, 7) is 6.55. The molecule has 2 unspecified atom stereocenters. The molecule has 0 saturated carbocycles. The maximum atomic E-state index is 14.0. The molecule has 0 fully saturated rings. The third kappa shape index (κ3) is 4.39. The Bertz CT molecular complexity index is 472. The van der Waals surface area contributed by atoms with E-state index in [2.05, 4.69) is 0 Å². The summed E-state index contributed by atoms with van der Waals surface area (Å²) in [4.78, 5) is 0. The first-order valence-electron chi connectivity index (χ1n) is 6.53. The summed E-state index contributed by atoms with van der Waals surface area (Å²) in [6, 6.07) is 0. The van der Waals surface area contributed by atoms with Crippen molar-refractivity contribution in [3.63, 3.8) is 0 Å². The van der Waals surface area contributed by atoms with E-state index in [0.717, 1.165) is 0 Å². The van der Waals surface area contributed by atoms with E-state index in [1.807, 2.05) is 0 Å². The van der Waals surface area contributed by atoms with Gasteiger partial charge in [0.1, 0.15) is 5.76 Å². The van der Waals surface area contributed by atoms with Crippen molar-refractivity contribution in [2.45, 2.75) is 64.8 Å². The van der Waals surface area contributed by atoms with E-state index in [1.165, 1.54) is 19.9 Å². The fourth-order valence-corrected chi connectivity index (χ4v) is 1.59. The molecular formula is C14H19F7O2. The Morgan fingerprint density at radius 2 is 1.43 bits per heavy atom. The first-order chi connectivity index (χ1) is 10.1. The number of hydrogen-bond donors (Lipinski definition) is 1. The molecule has 0 aromatic heterocycles. The maximum Gasteiger partial charge on any atom is 0.429 e. The summed E-state index contributed by atoms with van der Waals surface area (Å²) in [5.74, 6) is -5.47. The topological polar surface area (TPSA) is 29.5 Å². The molecule has 2 nitrogen and oxygen atoms in total. The second-order valence-electron chi connectivity index (χ2n) is 5.53. The fourth-order valence-electron chi connectivity index (χ4n) is 1.59. The van der Waals surface area contributed by atoms with Gasteiger partial charge in [-0.25, -0.2) is 8.78 Å². The Morgan fingerprint density at radius 3 is 1.70 bits per heavy atom. The second kappa shape index (κ2) is 7.11. The molecule has 0 aromatic carbocycles. The fraction of sp³-hybridized carbons (Fsp3) is 0.714. The highest BCUT2D eigenvalue weighted by atomic mass is 19.4. The van der Waals surface area contributed by atoms with Crippen LogP contribution in [-0.2, 0) is 4.74 Å². The van der Waals surface area contributed by atoms with Gasteiger partial charge in [-0.05, 0) is 46.3 Å². The number of rotatable bonds is 6. The minimum Gasteiger partial charge on any atom is -0.484 e. The van der Waals surface area contributed by atoms with Gasteiger partial charge < -0.3 is 9.84 Å². The first kappa shape index (κ1) is 21.8. The molecule has 0 saturated heterocycles. The van der Waals surface area contributed by atoms with E-state index in [9.17, 15) is 30.7 Å². The first-order valence-corrected chi connectivity index (χ1v) is 6.53. The summed E-state index contributed by atoms with van der Waals surface area (Å²) < 4.78 is 95.8. The lowest BCUT2D eigenvalue weighted by Gasteiger charge is -2.39. The van der Waals surface area contributed by atoms with Gasteiger partial charge in [0.15, 0.2) is 6.10 Å². The second-order valence-corrected chi connectivity index (χ2v) is 5.53. The molecule has 136 valence electrons. The van der Waals surface area contributed by atoms with E-state index in [-0.39, 0.29) is 5.76 Å². The van der Waals surface area contributed by atoms with Crippen molar-refractivity contribution < 1.29 is 40.6 Å². The highest BCUT2D eigenvalue weighted by Crippen LogP contribution is 2.48. The Hall–Kier alpha value is -1.25. The third-order valence-electron chi connectivity index (χ3n) is 2.98. The smallest absolute Gasteiger partial charge is 0.429 e. The Labute approximate surface area is 129 Å². The van der Waals surface area contributed by atoms with Crippen LogP contribution in [0.1, 0.15) is 34.6 Å². The lowest BCUT2D eigenvalue weighted by molar-refractivity contribution is -0.379. The van der Waals surface area contributed by atoms with Crippen LogP contribution in [0.3, 0.4) is 0 Å². The average molecular weight is 352 g/mol. The zero-order valence-corrected chi connectivity index (χ0v) is 13.2. The molecule has 0 aromatic rings. The van der Waals surface area contributed by atoms with Gasteiger partial charge in [0, 0.05) is 0 Å². The number of aliphatic hydroxyl groups is 1. The molecule has 0 amide bonds. The van der Waals surface area contributed by atoms with Gasteiger partial charge in [0.2, 0.25) is 0 Å². The minimum absolute atomic E-state index is 0.184. The Morgan fingerprint density at radius 1 is 1.00 bits per heavy atom. The zero-order valence-electron chi connectivity index (χ0n) is 13.2. The Kier molecular flexibility index (Phi) is 6.72. The van der Waals surface area contributed by atoms with E-state index in [4.69, 9.17) is 9.84 Å². The van der Waals surface area contributed by atoms with Crippen molar-refractivity contribution in [2.24, 2.45) is 0 Å². The van der Waals surface area contributed by atoms with Crippen LogP contribution in [0, 0.1) is 0 Å². The summed E-state index contributed by atoms with van der Waals surface area (Å²) in [7, 11) is 0. The normalized spacial score (nSPS) is 16.6. The Balaban J connectivity index is 5.82. The number of alkyl halides is 7. The molecule has 9 heteroatoms. The van der Waals surface area contributed by atoms with Gasteiger partial charge in [-0.3, -0.25) is 0 Å². The highest BCUT2D eigenvalue weighted by molar-refractivity contribution is 5.21. The van der Waals surface area contributed by atoms with Crippen molar-refractivity contribution >= 4 is 0 Å². The molecule has 0 spiro atoms. The summed E-state index contributed by atoms with van der Waals surface area (Å²) in [6.07, 6.45) is -12.4. The number of halogens is 7. The van der Waals surface area contributed by atoms with Gasteiger partial charge in [0.05, 0.1) is 0 Å². The molecule has 0 bridgehead atoms. The van der Waals surface area contributed by atoms with Crippen LogP contribution < -0.4 is 0 Å². The van der Waals surface area contributed by atoms with Crippen LogP contribution in [-0.4, -0.2) is 35.3 Å². The number of ether oxygens (including phenoxy) is 1. The van der Waals surface area contributed by atoms with Gasteiger partial charge in [-0.1, -0.05) is 5.57 Å². The van der Waals surface area contributed by atoms with Crippen LogP contribution in [0.15, 0.2) is 23.0 Å². The summed E-state index contributed by atoms with van der Waals surface area (Å²) >= 11 is 0.